The predicted molar refractivity (Wildman–Crippen MR) is 209 cm³/mol. The second-order valence-electron chi connectivity index (χ2n) is 13.7. The molecule has 0 spiro atoms. The Hall–Kier alpha value is -5.19. The number of amidine groups is 1. The number of aliphatic imine (C=N–C) groups is 1. The molecule has 2 aliphatic carbocycles. The minimum absolute atomic E-state index is 0.0318. The Balaban J connectivity index is 1.18. The van der Waals surface area contributed by atoms with Crippen LogP contribution in [0.2, 0.25) is 0 Å². The fraction of sp³-hybridized carbons (Fsp3) is 0.156. The van der Waals surface area contributed by atoms with Gasteiger partial charge in [0.25, 0.3) is 0 Å². The van der Waals surface area contributed by atoms with E-state index in [4.69, 9.17) is 10.4 Å². The zero-order valence-electron chi connectivity index (χ0n) is 28.3. The van der Waals surface area contributed by atoms with Crippen molar-refractivity contribution in [2.75, 3.05) is 5.32 Å². The lowest BCUT2D eigenvalue weighted by Gasteiger charge is -2.29. The van der Waals surface area contributed by atoms with Gasteiger partial charge in [-0.2, -0.15) is 0 Å². The zero-order valence-corrected chi connectivity index (χ0v) is 29.1. The fourth-order valence-corrected chi connectivity index (χ4v) is 9.69. The van der Waals surface area contributed by atoms with Crippen LogP contribution in [-0.4, -0.2) is 11.5 Å². The predicted octanol–water partition coefficient (Wildman–Crippen LogP) is 12.0. The Morgan fingerprint density at radius 3 is 2.33 bits per heavy atom. The molecule has 0 aromatic heterocycles. The smallest absolute Gasteiger partial charge is 0.152 e. The standard InChI is InChI=1S/C45H39N3S/c1-28-15-8-9-20-33(28)35-25-26-37-40-42(36-22-10-12-23-38(36)45(40,3)4)49-43(37)41(35)47-32-19-14-18-31(27-32)44(46)48-39-24-13-11-21-34(39)29(2)30-16-6-5-7-17-30/h5-27,40,42,46-47H,1-4H3/b34-29+,46-44?,48-39?. The molecule has 1 aliphatic heterocycles. The molecule has 5 aromatic rings. The van der Waals surface area contributed by atoms with E-state index in [1.54, 1.807) is 0 Å². The molecule has 8 rings (SSSR count). The Bertz CT molecular complexity index is 2250. The van der Waals surface area contributed by atoms with Gasteiger partial charge in [-0.1, -0.05) is 135 Å². The molecule has 0 bridgehead atoms. The summed E-state index contributed by atoms with van der Waals surface area (Å²) in [5, 5.41) is 13.4. The van der Waals surface area contributed by atoms with Crippen molar-refractivity contribution in [3.05, 3.63) is 179 Å². The summed E-state index contributed by atoms with van der Waals surface area (Å²) in [6.07, 6.45) is 8.10. The van der Waals surface area contributed by atoms with Crippen molar-refractivity contribution < 1.29 is 0 Å². The van der Waals surface area contributed by atoms with Crippen molar-refractivity contribution in [2.45, 2.75) is 49.2 Å². The number of thioether (sulfide) groups is 1. The van der Waals surface area contributed by atoms with Gasteiger partial charge in [0.1, 0.15) is 0 Å². The van der Waals surface area contributed by atoms with E-state index in [2.05, 4.69) is 136 Å². The molecule has 49 heavy (non-hydrogen) atoms. The molecule has 0 saturated heterocycles. The fourth-order valence-electron chi connectivity index (χ4n) is 7.87. The Morgan fingerprint density at radius 1 is 0.755 bits per heavy atom. The van der Waals surface area contributed by atoms with Gasteiger partial charge in [-0.05, 0) is 76.4 Å². The van der Waals surface area contributed by atoms with Crippen molar-refractivity contribution >= 4 is 40.3 Å². The summed E-state index contributed by atoms with van der Waals surface area (Å²) in [6.45, 7) is 9.12. The maximum Gasteiger partial charge on any atom is 0.152 e. The van der Waals surface area contributed by atoms with E-state index >= 15 is 0 Å². The molecule has 4 heteroatoms. The summed E-state index contributed by atoms with van der Waals surface area (Å²) in [4.78, 5) is 6.19. The van der Waals surface area contributed by atoms with E-state index in [0.717, 1.165) is 39.4 Å². The third-order valence-corrected chi connectivity index (χ3v) is 11.9. The van der Waals surface area contributed by atoms with Crippen LogP contribution in [0.25, 0.3) is 16.7 Å². The SMILES string of the molecule is C/C(=C1/C=CC=CC1=NC(=N)c1cccc(Nc2c(-c3ccccc3C)ccc3c2SC2c4ccccc4C(C)(C)C32)c1)c1ccccc1. The molecule has 0 amide bonds. The van der Waals surface area contributed by atoms with Crippen LogP contribution in [0, 0.1) is 12.3 Å². The summed E-state index contributed by atoms with van der Waals surface area (Å²) in [5.41, 5.74) is 15.0. The number of allylic oxidation sites excluding steroid dienone is 6. The van der Waals surface area contributed by atoms with Gasteiger partial charge in [-0.15, -0.1) is 11.8 Å². The van der Waals surface area contributed by atoms with Crippen LogP contribution >= 0.6 is 11.8 Å². The Labute approximate surface area is 293 Å². The number of hydrogen-bond acceptors (Lipinski definition) is 3. The normalized spacial score (nSPS) is 20.1. The minimum Gasteiger partial charge on any atom is -0.354 e. The molecule has 0 radical (unpaired) electrons. The average Bonchev–Trinajstić information content (AvgIpc) is 3.63. The number of rotatable bonds is 5. The highest BCUT2D eigenvalue weighted by Gasteiger charge is 2.52. The highest BCUT2D eigenvalue weighted by atomic mass is 32.2. The summed E-state index contributed by atoms with van der Waals surface area (Å²) in [6, 6.07) is 40.9. The Morgan fingerprint density at radius 2 is 1.49 bits per heavy atom. The molecule has 0 fully saturated rings. The van der Waals surface area contributed by atoms with Crippen LogP contribution in [0.3, 0.4) is 0 Å². The van der Waals surface area contributed by atoms with Crippen molar-refractivity contribution in [3.8, 4) is 11.1 Å². The number of aryl methyl sites for hydroxylation is 1. The molecule has 2 atom stereocenters. The van der Waals surface area contributed by atoms with Gasteiger partial charge in [-0.3, -0.25) is 5.41 Å². The van der Waals surface area contributed by atoms with Crippen LogP contribution < -0.4 is 5.32 Å². The van der Waals surface area contributed by atoms with E-state index in [1.807, 2.05) is 48.2 Å². The number of benzene rings is 5. The lowest BCUT2D eigenvalue weighted by molar-refractivity contribution is 0.446. The first-order valence-corrected chi connectivity index (χ1v) is 17.8. The molecular formula is C45H39N3S. The van der Waals surface area contributed by atoms with Crippen LogP contribution in [0.1, 0.15) is 65.3 Å². The molecular weight excluding hydrogens is 615 g/mol. The monoisotopic (exact) mass is 653 g/mol. The maximum atomic E-state index is 9.10. The van der Waals surface area contributed by atoms with Gasteiger partial charge < -0.3 is 5.32 Å². The summed E-state index contributed by atoms with van der Waals surface area (Å²) in [7, 11) is 0. The van der Waals surface area contributed by atoms with Gasteiger partial charge in [0.2, 0.25) is 0 Å². The second kappa shape index (κ2) is 12.4. The molecule has 1 heterocycles. The first-order chi connectivity index (χ1) is 23.8. The number of nitrogens with one attached hydrogen (secondary N) is 2. The highest BCUT2D eigenvalue weighted by molar-refractivity contribution is 8.00. The first-order valence-electron chi connectivity index (χ1n) is 17.0. The van der Waals surface area contributed by atoms with Gasteiger partial charge in [-0.25, -0.2) is 4.99 Å². The van der Waals surface area contributed by atoms with Crippen LogP contribution in [-0.2, 0) is 5.41 Å². The largest absolute Gasteiger partial charge is 0.354 e. The van der Waals surface area contributed by atoms with Crippen molar-refractivity contribution in [1.29, 1.82) is 5.41 Å². The van der Waals surface area contributed by atoms with Crippen molar-refractivity contribution in [1.82, 2.24) is 0 Å². The third kappa shape index (κ3) is 5.41. The summed E-state index contributed by atoms with van der Waals surface area (Å²) in [5.74, 6) is 0.627. The van der Waals surface area contributed by atoms with Gasteiger partial charge in [0.15, 0.2) is 5.84 Å². The number of hydrogen-bond donors (Lipinski definition) is 2. The molecule has 3 nitrogen and oxygen atoms in total. The van der Waals surface area contributed by atoms with Crippen LogP contribution in [0.4, 0.5) is 11.4 Å². The number of anilines is 2. The van der Waals surface area contributed by atoms with Crippen molar-refractivity contribution in [3.63, 3.8) is 0 Å². The van der Waals surface area contributed by atoms with Gasteiger partial charge in [0.05, 0.1) is 11.4 Å². The van der Waals surface area contributed by atoms with Gasteiger partial charge >= 0.3 is 0 Å². The highest BCUT2D eigenvalue weighted by Crippen LogP contribution is 2.68. The molecule has 3 aliphatic rings. The molecule has 0 saturated carbocycles. The lowest BCUT2D eigenvalue weighted by atomic mass is 9.74. The quantitative estimate of drug-likeness (QED) is 0.146. The minimum atomic E-state index is 0.0318. The second-order valence-corrected chi connectivity index (χ2v) is 14.9. The Kier molecular flexibility index (Phi) is 7.85. The van der Waals surface area contributed by atoms with E-state index in [-0.39, 0.29) is 11.3 Å². The van der Waals surface area contributed by atoms with Crippen LogP contribution in [0.15, 0.2) is 155 Å². The van der Waals surface area contributed by atoms with E-state index in [9.17, 15) is 0 Å². The first kappa shape index (κ1) is 31.1. The summed E-state index contributed by atoms with van der Waals surface area (Å²) < 4.78 is 0. The van der Waals surface area contributed by atoms with E-state index in [0.29, 0.717) is 11.2 Å². The lowest BCUT2D eigenvalue weighted by Crippen LogP contribution is -2.21. The van der Waals surface area contributed by atoms with E-state index in [1.165, 1.54) is 38.3 Å². The number of nitrogens with zero attached hydrogens (tertiary/aromatic N) is 1. The van der Waals surface area contributed by atoms with Crippen LogP contribution in [0.5, 0.6) is 0 Å². The zero-order chi connectivity index (χ0) is 33.7. The van der Waals surface area contributed by atoms with Crippen molar-refractivity contribution in [2.24, 2.45) is 4.99 Å². The topological polar surface area (TPSA) is 48.2 Å². The average molecular weight is 654 g/mol. The molecule has 2 unspecified atom stereocenters. The molecule has 240 valence electrons. The van der Waals surface area contributed by atoms with E-state index < -0.39 is 0 Å². The maximum absolute atomic E-state index is 9.10. The summed E-state index contributed by atoms with van der Waals surface area (Å²) >= 11 is 2.00. The number of fused-ring (bicyclic) bond motifs is 5. The third-order valence-electron chi connectivity index (χ3n) is 10.4. The molecule has 2 N–H and O–H groups in total. The van der Waals surface area contributed by atoms with Gasteiger partial charge in [0, 0.05) is 38.5 Å². The molecule has 5 aromatic carbocycles.